The maximum atomic E-state index is 5.08. The van der Waals surface area contributed by atoms with Gasteiger partial charge in [0.2, 0.25) is 0 Å². The Morgan fingerprint density at radius 1 is 0.717 bits per heavy atom. The summed E-state index contributed by atoms with van der Waals surface area (Å²) in [6, 6.07) is 28.5. The van der Waals surface area contributed by atoms with Crippen LogP contribution in [0.4, 0.5) is 0 Å². The summed E-state index contributed by atoms with van der Waals surface area (Å²) in [4.78, 5) is 5.08. The van der Waals surface area contributed by atoms with Gasteiger partial charge in [-0.2, -0.15) is 0 Å². The third-order valence-electron chi connectivity index (χ3n) is 10.7. The quantitative estimate of drug-likeness (QED) is 0.173. The van der Waals surface area contributed by atoms with Crippen molar-refractivity contribution in [2.75, 3.05) is 0 Å². The van der Waals surface area contributed by atoms with Gasteiger partial charge in [0.15, 0.2) is 0 Å². The molecule has 0 aliphatic rings. The Labute approximate surface area is 278 Å². The van der Waals surface area contributed by atoms with Crippen molar-refractivity contribution in [2.45, 2.75) is 13.8 Å². The van der Waals surface area contributed by atoms with Gasteiger partial charge in [0.25, 0.3) is 0 Å². The molecular formula is C36H34B8N2. The zero-order chi connectivity index (χ0) is 32.6. The molecule has 0 N–H and O–H groups in total. The molecule has 0 aliphatic heterocycles. The number of allylic oxidation sites excluding steroid dienone is 2. The van der Waals surface area contributed by atoms with Crippen LogP contribution in [0.5, 0.6) is 0 Å². The number of nitrogens with zero attached hydrogens (tertiary/aromatic N) is 2. The van der Waals surface area contributed by atoms with Gasteiger partial charge in [-0.15, -0.1) is 0 Å². The van der Waals surface area contributed by atoms with Crippen molar-refractivity contribution < 1.29 is 0 Å². The average Bonchev–Trinajstić information content (AvgIpc) is 3.39. The summed E-state index contributed by atoms with van der Waals surface area (Å²) in [5, 5.41) is 9.85. The van der Waals surface area contributed by atoms with Gasteiger partial charge in [0, 0.05) is 0 Å². The van der Waals surface area contributed by atoms with Gasteiger partial charge in [0.1, 0.15) is 0 Å². The number of hydrogen-bond acceptors (Lipinski definition) is 1. The van der Waals surface area contributed by atoms with Crippen molar-refractivity contribution in [1.29, 1.82) is 0 Å². The topological polar surface area (TPSA) is 17.8 Å². The van der Waals surface area contributed by atoms with E-state index in [-0.39, 0.29) is 0 Å². The SMILES string of the molecule is B=c1c(-c2cc3ccccc3c3ccccc23)c2c(B)c(B)c(B)c(B)c2c(-n2c(C)nc3ccccc32)/c1=C(B)/C(B)=C(/B)C. The second-order valence-electron chi connectivity index (χ2n) is 13.3. The first-order valence-corrected chi connectivity index (χ1v) is 16.3. The predicted octanol–water partition coefficient (Wildman–Crippen LogP) is -2.12. The number of hydrogen-bond donors (Lipinski definition) is 0. The number of imidazole rings is 1. The molecule has 0 spiro atoms. The summed E-state index contributed by atoms with van der Waals surface area (Å²) in [6.45, 7) is 4.34. The molecule has 0 saturated carbocycles. The summed E-state index contributed by atoms with van der Waals surface area (Å²) >= 11 is 0. The average molecular weight is 581 g/mol. The second-order valence-corrected chi connectivity index (χ2v) is 13.3. The number of fused-ring (bicyclic) bond motifs is 5. The van der Waals surface area contributed by atoms with E-state index in [2.05, 4.69) is 152 Å². The van der Waals surface area contributed by atoms with Gasteiger partial charge < -0.3 is 0 Å². The van der Waals surface area contributed by atoms with Crippen molar-refractivity contribution in [3.8, 4) is 16.8 Å². The van der Waals surface area contributed by atoms with E-state index in [4.69, 9.17) is 12.5 Å². The van der Waals surface area contributed by atoms with Crippen LogP contribution in [0.15, 0.2) is 89.8 Å². The van der Waals surface area contributed by atoms with Crippen LogP contribution < -0.4 is 27.1 Å². The standard InChI is InChI=1S/C36H34B8N2/c1-16(37)29(38)33(42)28-30(39)25(22-15-18-9-3-4-10-19(18)20-11-5-6-12-21(20)22)26-27(32(41)35(44)34(43)31(26)40)36(28)46-17(2)45-23-13-7-8-14-24(23)46/h3-15,39H,37-38,40-44H2,1-2H3/b29-16-,33-28-. The molecule has 10 heteroatoms. The van der Waals surface area contributed by atoms with Crippen LogP contribution in [0.1, 0.15) is 12.7 Å². The minimum atomic E-state index is 0.977. The molecule has 0 unspecified atom stereocenters. The van der Waals surface area contributed by atoms with Gasteiger partial charge in [-0.05, 0) is 0 Å². The molecule has 46 heavy (non-hydrogen) atoms. The Morgan fingerprint density at radius 3 is 2.00 bits per heavy atom. The molecule has 0 aliphatic carbocycles. The van der Waals surface area contributed by atoms with Crippen molar-refractivity contribution in [1.82, 2.24) is 9.55 Å². The fourth-order valence-electron chi connectivity index (χ4n) is 7.64. The molecule has 6 aromatic carbocycles. The molecule has 0 fully saturated rings. The van der Waals surface area contributed by atoms with Crippen molar-refractivity contribution >= 4 is 133 Å². The summed E-state index contributed by atoms with van der Waals surface area (Å²) < 4.78 is 2.40. The van der Waals surface area contributed by atoms with Crippen LogP contribution in [0, 0.1) is 12.0 Å². The third kappa shape index (κ3) is 4.37. The fourth-order valence-corrected chi connectivity index (χ4v) is 7.64. The van der Waals surface area contributed by atoms with Gasteiger partial charge in [-0.3, -0.25) is 0 Å². The zero-order valence-corrected chi connectivity index (χ0v) is 28.6. The Balaban J connectivity index is 1.87. The summed E-state index contributed by atoms with van der Waals surface area (Å²) in [5.41, 5.74) is 14.9. The number of rotatable bonds is 3. The monoisotopic (exact) mass is 582 g/mol. The van der Waals surface area contributed by atoms with Crippen molar-refractivity contribution in [2.24, 2.45) is 0 Å². The summed E-state index contributed by atoms with van der Waals surface area (Å²) in [7, 11) is 20.9. The number of aromatic nitrogens is 2. The van der Waals surface area contributed by atoms with Crippen LogP contribution >= 0.6 is 0 Å². The van der Waals surface area contributed by atoms with Crippen LogP contribution in [-0.4, -0.2) is 72.0 Å². The number of benzene rings is 6. The predicted molar refractivity (Wildman–Crippen MR) is 224 cm³/mol. The molecule has 0 bridgehead atoms. The molecule has 0 saturated heterocycles. The van der Waals surface area contributed by atoms with Crippen molar-refractivity contribution in [3.05, 3.63) is 106 Å². The van der Waals surface area contributed by atoms with E-state index in [0.29, 0.717) is 0 Å². The van der Waals surface area contributed by atoms with E-state index >= 15 is 0 Å². The summed E-state index contributed by atoms with van der Waals surface area (Å²) in [6.07, 6.45) is 0. The first kappa shape index (κ1) is 30.4. The zero-order valence-electron chi connectivity index (χ0n) is 28.6. The number of para-hydroxylation sites is 2. The van der Waals surface area contributed by atoms with Crippen molar-refractivity contribution in [3.63, 3.8) is 0 Å². The molecule has 0 radical (unpaired) electrons. The van der Waals surface area contributed by atoms with E-state index in [1.54, 1.807) is 0 Å². The molecule has 212 valence electrons. The van der Waals surface area contributed by atoms with E-state index < -0.39 is 0 Å². The Morgan fingerprint density at radius 2 is 1.30 bits per heavy atom. The molecule has 0 amide bonds. The molecule has 1 heterocycles. The third-order valence-corrected chi connectivity index (χ3v) is 10.7. The van der Waals surface area contributed by atoms with E-state index in [9.17, 15) is 0 Å². The normalized spacial score (nSPS) is 13.1. The van der Waals surface area contributed by atoms with E-state index in [0.717, 1.165) is 22.0 Å². The molecule has 7 aromatic rings. The fraction of sp³-hybridized carbons (Fsp3) is 0.0556. The molecule has 0 atom stereocenters. The van der Waals surface area contributed by atoms with Gasteiger partial charge in [-0.1, -0.05) is 0 Å². The maximum absolute atomic E-state index is 5.08. The molecular weight excluding hydrogens is 547 g/mol. The van der Waals surface area contributed by atoms with Gasteiger partial charge in [-0.25, -0.2) is 0 Å². The van der Waals surface area contributed by atoms with Gasteiger partial charge in [0.05, 0.1) is 0 Å². The first-order chi connectivity index (χ1) is 22.0. The van der Waals surface area contributed by atoms with Gasteiger partial charge >= 0.3 is 279 Å². The van der Waals surface area contributed by atoms with E-state index in [1.165, 1.54) is 92.6 Å². The second kappa shape index (κ2) is 11.2. The number of aryl methyl sites for hydroxylation is 1. The Kier molecular flexibility index (Phi) is 7.39. The molecule has 1 aromatic heterocycles. The summed E-state index contributed by atoms with van der Waals surface area (Å²) in [5.74, 6) is 0.977. The Bertz CT molecular complexity index is 2600. The van der Waals surface area contributed by atoms with Crippen LogP contribution in [-0.2, 0) is 0 Å². The Hall–Kier alpha value is -4.30. The minimum absolute atomic E-state index is 0.977. The van der Waals surface area contributed by atoms with Crippen LogP contribution in [0.2, 0.25) is 0 Å². The first-order valence-electron chi connectivity index (χ1n) is 16.3. The van der Waals surface area contributed by atoms with Crippen LogP contribution in [0.25, 0.3) is 65.6 Å². The molecule has 7 rings (SSSR count). The van der Waals surface area contributed by atoms with Crippen LogP contribution in [0.3, 0.4) is 0 Å². The van der Waals surface area contributed by atoms with E-state index in [1.807, 2.05) is 0 Å². The molecule has 2 nitrogen and oxygen atoms in total.